The number of rotatable bonds is 6. The number of hydrogen-bond acceptors (Lipinski definition) is 1. The Hall–Kier alpha value is -1.60. The molecule has 1 heteroatoms. The summed E-state index contributed by atoms with van der Waals surface area (Å²) in [7, 11) is 0. The van der Waals surface area contributed by atoms with Gasteiger partial charge in [0, 0.05) is 12.6 Å². The van der Waals surface area contributed by atoms with Crippen molar-refractivity contribution in [1.29, 1.82) is 0 Å². The van der Waals surface area contributed by atoms with Gasteiger partial charge in [0.05, 0.1) is 0 Å². The van der Waals surface area contributed by atoms with E-state index in [1.807, 2.05) is 0 Å². The molecule has 1 atom stereocenters. The molecule has 112 valence electrons. The average Bonchev–Trinajstić information content (AvgIpc) is 2.46. The van der Waals surface area contributed by atoms with Crippen molar-refractivity contribution in [3.8, 4) is 0 Å². The molecule has 0 aliphatic rings. The highest BCUT2D eigenvalue weighted by atomic mass is 14.9. The maximum atomic E-state index is 3.65. The molecule has 0 aromatic heterocycles. The van der Waals surface area contributed by atoms with Gasteiger partial charge in [-0.05, 0) is 36.8 Å². The lowest BCUT2D eigenvalue weighted by atomic mass is 9.79. The van der Waals surface area contributed by atoms with Gasteiger partial charge in [-0.2, -0.15) is 0 Å². The summed E-state index contributed by atoms with van der Waals surface area (Å²) in [6, 6.07) is 20.0. The normalized spacial score (nSPS) is 13.1. The van der Waals surface area contributed by atoms with Crippen LogP contribution in [0.25, 0.3) is 0 Å². The second-order valence-electron chi connectivity index (χ2n) is 6.73. The van der Waals surface area contributed by atoms with Crippen LogP contribution in [0, 0.1) is 6.92 Å². The van der Waals surface area contributed by atoms with Crippen LogP contribution in [0.2, 0.25) is 0 Å². The maximum absolute atomic E-state index is 3.65. The van der Waals surface area contributed by atoms with E-state index in [2.05, 4.69) is 87.6 Å². The first-order valence-electron chi connectivity index (χ1n) is 7.82. The van der Waals surface area contributed by atoms with Crippen molar-refractivity contribution in [2.45, 2.75) is 52.1 Å². The molecule has 0 saturated carbocycles. The van der Waals surface area contributed by atoms with Gasteiger partial charge in [0.15, 0.2) is 0 Å². The number of hydrogen-bond donors (Lipinski definition) is 1. The molecule has 0 fully saturated rings. The minimum Gasteiger partial charge on any atom is -0.310 e. The Morgan fingerprint density at radius 2 is 1.71 bits per heavy atom. The van der Waals surface area contributed by atoms with Gasteiger partial charge in [0.1, 0.15) is 0 Å². The topological polar surface area (TPSA) is 12.0 Å². The van der Waals surface area contributed by atoms with Gasteiger partial charge in [-0.15, -0.1) is 0 Å². The van der Waals surface area contributed by atoms with Gasteiger partial charge in [-0.25, -0.2) is 0 Å². The second kappa shape index (κ2) is 6.91. The van der Waals surface area contributed by atoms with E-state index >= 15 is 0 Å². The van der Waals surface area contributed by atoms with Crippen molar-refractivity contribution in [1.82, 2.24) is 5.32 Å². The first kappa shape index (κ1) is 15.8. The van der Waals surface area contributed by atoms with Crippen LogP contribution in [0.15, 0.2) is 54.6 Å². The van der Waals surface area contributed by atoms with E-state index in [0.29, 0.717) is 6.04 Å². The second-order valence-corrected chi connectivity index (χ2v) is 6.73. The average molecular weight is 281 g/mol. The fraction of sp³-hybridized carbons (Fsp3) is 0.400. The molecule has 0 heterocycles. The van der Waals surface area contributed by atoms with Crippen molar-refractivity contribution >= 4 is 0 Å². The predicted octanol–water partition coefficient (Wildman–Crippen LogP) is 4.84. The van der Waals surface area contributed by atoms with E-state index in [-0.39, 0.29) is 5.41 Å². The molecule has 2 aromatic carbocycles. The molecule has 0 saturated heterocycles. The van der Waals surface area contributed by atoms with Gasteiger partial charge in [0.25, 0.3) is 0 Å². The Morgan fingerprint density at radius 3 is 2.38 bits per heavy atom. The number of benzene rings is 2. The van der Waals surface area contributed by atoms with Gasteiger partial charge in [-0.3, -0.25) is 0 Å². The molecule has 2 aromatic rings. The Kier molecular flexibility index (Phi) is 5.19. The summed E-state index contributed by atoms with van der Waals surface area (Å²) in [6.07, 6.45) is 1.13. The van der Waals surface area contributed by atoms with Crippen LogP contribution in [0.1, 0.15) is 43.9 Å². The Balaban J connectivity index is 1.91. The molecule has 0 aliphatic heterocycles. The van der Waals surface area contributed by atoms with E-state index in [1.54, 1.807) is 0 Å². The maximum Gasteiger partial charge on any atom is 0.0208 e. The van der Waals surface area contributed by atoms with E-state index in [4.69, 9.17) is 0 Å². The fourth-order valence-corrected chi connectivity index (χ4v) is 2.96. The smallest absolute Gasteiger partial charge is 0.0208 e. The minimum atomic E-state index is 0.195. The number of nitrogens with one attached hydrogen (secondary N) is 1. The fourth-order valence-electron chi connectivity index (χ4n) is 2.96. The summed E-state index contributed by atoms with van der Waals surface area (Å²) >= 11 is 0. The Labute approximate surface area is 129 Å². The van der Waals surface area contributed by atoms with E-state index in [1.165, 1.54) is 16.7 Å². The van der Waals surface area contributed by atoms with Crippen molar-refractivity contribution in [2.75, 3.05) is 0 Å². The summed E-state index contributed by atoms with van der Waals surface area (Å²) in [6.45, 7) is 10.0. The summed E-state index contributed by atoms with van der Waals surface area (Å²) in [5, 5.41) is 3.65. The molecule has 1 unspecified atom stereocenters. The molecule has 0 amide bonds. The summed E-state index contributed by atoms with van der Waals surface area (Å²) in [5.41, 5.74) is 4.29. The highest BCUT2D eigenvalue weighted by Crippen LogP contribution is 2.28. The van der Waals surface area contributed by atoms with E-state index in [0.717, 1.165) is 13.0 Å². The SMILES string of the molecule is Cc1cccc(CNC(C)CC(C)(C)c2ccccc2)c1. The molecular weight excluding hydrogens is 254 g/mol. The van der Waals surface area contributed by atoms with Gasteiger partial charge in [-0.1, -0.05) is 74.0 Å². The van der Waals surface area contributed by atoms with Crippen molar-refractivity contribution in [3.63, 3.8) is 0 Å². The molecular formula is C20H27N. The van der Waals surface area contributed by atoms with Crippen LogP contribution in [0.4, 0.5) is 0 Å². The molecule has 21 heavy (non-hydrogen) atoms. The Morgan fingerprint density at radius 1 is 1.00 bits per heavy atom. The third-order valence-electron chi connectivity index (χ3n) is 4.11. The van der Waals surface area contributed by atoms with Crippen LogP contribution in [0.3, 0.4) is 0 Å². The first-order valence-corrected chi connectivity index (χ1v) is 7.82. The zero-order valence-corrected chi connectivity index (χ0v) is 13.7. The van der Waals surface area contributed by atoms with Gasteiger partial charge >= 0.3 is 0 Å². The largest absolute Gasteiger partial charge is 0.310 e. The molecule has 1 nitrogen and oxygen atoms in total. The minimum absolute atomic E-state index is 0.195. The van der Waals surface area contributed by atoms with Crippen LogP contribution < -0.4 is 5.32 Å². The molecule has 1 N–H and O–H groups in total. The Bertz CT molecular complexity index is 557. The van der Waals surface area contributed by atoms with Crippen molar-refractivity contribution in [3.05, 3.63) is 71.3 Å². The standard InChI is InChI=1S/C20H27N/c1-16-9-8-10-18(13-16)15-21-17(2)14-20(3,4)19-11-6-5-7-12-19/h5-13,17,21H,14-15H2,1-4H3. The van der Waals surface area contributed by atoms with Crippen LogP contribution >= 0.6 is 0 Å². The molecule has 0 aliphatic carbocycles. The first-order chi connectivity index (χ1) is 9.97. The van der Waals surface area contributed by atoms with Crippen LogP contribution in [-0.2, 0) is 12.0 Å². The summed E-state index contributed by atoms with van der Waals surface area (Å²) in [4.78, 5) is 0. The number of aryl methyl sites for hydroxylation is 1. The quantitative estimate of drug-likeness (QED) is 0.799. The highest BCUT2D eigenvalue weighted by molar-refractivity contribution is 5.24. The van der Waals surface area contributed by atoms with E-state index in [9.17, 15) is 0 Å². The molecule has 2 rings (SSSR count). The molecule has 0 spiro atoms. The zero-order valence-electron chi connectivity index (χ0n) is 13.7. The molecule has 0 radical (unpaired) electrons. The lowest BCUT2D eigenvalue weighted by molar-refractivity contribution is 0.388. The van der Waals surface area contributed by atoms with Gasteiger partial charge in [0.2, 0.25) is 0 Å². The van der Waals surface area contributed by atoms with Crippen LogP contribution in [0.5, 0.6) is 0 Å². The van der Waals surface area contributed by atoms with Crippen LogP contribution in [-0.4, -0.2) is 6.04 Å². The lowest BCUT2D eigenvalue weighted by Crippen LogP contribution is -2.32. The zero-order chi connectivity index (χ0) is 15.3. The molecule has 0 bridgehead atoms. The third kappa shape index (κ3) is 4.71. The summed E-state index contributed by atoms with van der Waals surface area (Å²) < 4.78 is 0. The highest BCUT2D eigenvalue weighted by Gasteiger charge is 2.22. The third-order valence-corrected chi connectivity index (χ3v) is 4.11. The van der Waals surface area contributed by atoms with Gasteiger partial charge < -0.3 is 5.32 Å². The van der Waals surface area contributed by atoms with E-state index < -0.39 is 0 Å². The predicted molar refractivity (Wildman–Crippen MR) is 91.6 cm³/mol. The summed E-state index contributed by atoms with van der Waals surface area (Å²) in [5.74, 6) is 0. The lowest BCUT2D eigenvalue weighted by Gasteiger charge is -2.29. The monoisotopic (exact) mass is 281 g/mol. The van der Waals surface area contributed by atoms with Crippen molar-refractivity contribution < 1.29 is 0 Å². The van der Waals surface area contributed by atoms with Crippen molar-refractivity contribution in [2.24, 2.45) is 0 Å².